The molecule has 0 bridgehead atoms. The van der Waals surface area contributed by atoms with Gasteiger partial charge in [-0.2, -0.15) is 0 Å². The van der Waals surface area contributed by atoms with Gasteiger partial charge in [0, 0.05) is 37.1 Å². The monoisotopic (exact) mass is 205 g/mol. The van der Waals surface area contributed by atoms with Crippen LogP contribution in [0.3, 0.4) is 0 Å². The van der Waals surface area contributed by atoms with Gasteiger partial charge in [0.2, 0.25) is 0 Å². The largest absolute Gasteiger partial charge is 0.370 e. The van der Waals surface area contributed by atoms with Gasteiger partial charge in [-0.25, -0.2) is 4.98 Å². The van der Waals surface area contributed by atoms with Crippen molar-refractivity contribution in [2.45, 2.75) is 32.7 Å². The zero-order chi connectivity index (χ0) is 10.7. The molecule has 1 fully saturated rings. The molecule has 3 heteroatoms. The van der Waals surface area contributed by atoms with Crippen molar-refractivity contribution >= 4 is 11.5 Å². The molecule has 0 saturated carbocycles. The Labute approximate surface area is 91.5 Å². The van der Waals surface area contributed by atoms with Gasteiger partial charge in [0.25, 0.3) is 0 Å². The predicted octanol–water partition coefficient (Wildman–Crippen LogP) is 2.50. The third-order valence-corrected chi connectivity index (χ3v) is 2.99. The fourth-order valence-corrected chi connectivity index (χ4v) is 2.19. The van der Waals surface area contributed by atoms with Gasteiger partial charge < -0.3 is 10.2 Å². The number of rotatable bonds is 3. The molecule has 1 saturated heterocycles. The number of anilines is 2. The zero-order valence-electron chi connectivity index (χ0n) is 9.53. The standard InChI is InChI=1S/C12H19N3/c1-3-13-12-9-11(6-7-14-12)15-8-4-5-10(15)2/h6-7,9-10H,3-5,8H2,1-2H3,(H,13,14). The summed E-state index contributed by atoms with van der Waals surface area (Å²) in [7, 11) is 0. The summed E-state index contributed by atoms with van der Waals surface area (Å²) in [6.07, 6.45) is 4.50. The number of nitrogens with zero attached hydrogens (tertiary/aromatic N) is 2. The second-order valence-electron chi connectivity index (χ2n) is 4.11. The maximum absolute atomic E-state index is 4.29. The molecule has 15 heavy (non-hydrogen) atoms. The van der Waals surface area contributed by atoms with Crippen LogP contribution in [-0.2, 0) is 0 Å². The summed E-state index contributed by atoms with van der Waals surface area (Å²) in [5.41, 5.74) is 1.30. The lowest BCUT2D eigenvalue weighted by Crippen LogP contribution is -2.26. The molecule has 82 valence electrons. The normalized spacial score (nSPS) is 20.7. The SMILES string of the molecule is CCNc1cc(N2CCCC2C)ccn1. The summed E-state index contributed by atoms with van der Waals surface area (Å²) in [5, 5.41) is 3.25. The summed E-state index contributed by atoms with van der Waals surface area (Å²) in [6, 6.07) is 4.91. The topological polar surface area (TPSA) is 28.2 Å². The first-order valence-corrected chi connectivity index (χ1v) is 5.78. The smallest absolute Gasteiger partial charge is 0.127 e. The molecule has 0 radical (unpaired) electrons. The highest BCUT2D eigenvalue weighted by atomic mass is 15.2. The van der Waals surface area contributed by atoms with E-state index in [-0.39, 0.29) is 0 Å². The van der Waals surface area contributed by atoms with E-state index in [0.29, 0.717) is 6.04 Å². The van der Waals surface area contributed by atoms with Gasteiger partial charge in [-0.15, -0.1) is 0 Å². The molecule has 1 aliphatic rings. The van der Waals surface area contributed by atoms with E-state index in [1.165, 1.54) is 25.1 Å². The maximum Gasteiger partial charge on any atom is 0.127 e. The predicted molar refractivity (Wildman–Crippen MR) is 64.4 cm³/mol. The van der Waals surface area contributed by atoms with Gasteiger partial charge in [-0.05, 0) is 32.8 Å². The quantitative estimate of drug-likeness (QED) is 0.821. The highest BCUT2D eigenvalue weighted by molar-refractivity contribution is 5.54. The van der Waals surface area contributed by atoms with Crippen LogP contribution in [0.15, 0.2) is 18.3 Å². The summed E-state index contributed by atoms with van der Waals surface area (Å²) in [6.45, 7) is 6.48. The summed E-state index contributed by atoms with van der Waals surface area (Å²) in [5.74, 6) is 0.981. The van der Waals surface area contributed by atoms with Crippen LogP contribution in [0.25, 0.3) is 0 Å². The Hall–Kier alpha value is -1.25. The third-order valence-electron chi connectivity index (χ3n) is 2.99. The van der Waals surface area contributed by atoms with E-state index in [9.17, 15) is 0 Å². The molecule has 2 heterocycles. The van der Waals surface area contributed by atoms with E-state index < -0.39 is 0 Å². The Bertz CT molecular complexity index is 324. The molecular formula is C12H19N3. The first kappa shape index (κ1) is 10.3. The minimum absolute atomic E-state index is 0.668. The lowest BCUT2D eigenvalue weighted by atomic mass is 10.2. The average molecular weight is 205 g/mol. The van der Waals surface area contributed by atoms with Crippen molar-refractivity contribution in [3.05, 3.63) is 18.3 Å². The van der Waals surface area contributed by atoms with Crippen molar-refractivity contribution in [3.8, 4) is 0 Å². The molecule has 1 aliphatic heterocycles. The van der Waals surface area contributed by atoms with Crippen LogP contribution in [-0.4, -0.2) is 24.1 Å². The number of pyridine rings is 1. The van der Waals surface area contributed by atoms with Gasteiger partial charge in [0.1, 0.15) is 5.82 Å². The Morgan fingerprint density at radius 1 is 1.60 bits per heavy atom. The molecule has 0 spiro atoms. The lowest BCUT2D eigenvalue weighted by Gasteiger charge is -2.24. The molecule has 1 unspecified atom stereocenters. The van der Waals surface area contributed by atoms with E-state index >= 15 is 0 Å². The fourth-order valence-electron chi connectivity index (χ4n) is 2.19. The zero-order valence-corrected chi connectivity index (χ0v) is 9.53. The van der Waals surface area contributed by atoms with Gasteiger partial charge in [-0.3, -0.25) is 0 Å². The Kier molecular flexibility index (Phi) is 3.09. The minimum Gasteiger partial charge on any atom is -0.370 e. The van der Waals surface area contributed by atoms with Crippen LogP contribution in [0.4, 0.5) is 11.5 Å². The van der Waals surface area contributed by atoms with Crippen molar-refractivity contribution in [1.29, 1.82) is 0 Å². The summed E-state index contributed by atoms with van der Waals surface area (Å²) in [4.78, 5) is 6.75. The summed E-state index contributed by atoms with van der Waals surface area (Å²) >= 11 is 0. The minimum atomic E-state index is 0.668. The fraction of sp³-hybridized carbons (Fsp3) is 0.583. The molecule has 1 aromatic rings. The third kappa shape index (κ3) is 2.22. The molecule has 1 N–H and O–H groups in total. The van der Waals surface area contributed by atoms with E-state index in [1.807, 2.05) is 6.20 Å². The van der Waals surface area contributed by atoms with Crippen LogP contribution in [0.2, 0.25) is 0 Å². The van der Waals surface area contributed by atoms with Gasteiger partial charge in [-0.1, -0.05) is 0 Å². The number of hydrogen-bond donors (Lipinski definition) is 1. The average Bonchev–Trinajstić information content (AvgIpc) is 2.65. The lowest BCUT2D eigenvalue weighted by molar-refractivity contribution is 0.735. The second-order valence-corrected chi connectivity index (χ2v) is 4.11. The molecule has 1 atom stereocenters. The van der Waals surface area contributed by atoms with E-state index in [1.54, 1.807) is 0 Å². The molecular weight excluding hydrogens is 186 g/mol. The van der Waals surface area contributed by atoms with Crippen molar-refractivity contribution in [1.82, 2.24) is 4.98 Å². The van der Waals surface area contributed by atoms with Crippen molar-refractivity contribution in [2.24, 2.45) is 0 Å². The van der Waals surface area contributed by atoms with Crippen LogP contribution in [0.5, 0.6) is 0 Å². The molecule has 1 aromatic heterocycles. The Morgan fingerprint density at radius 2 is 2.47 bits per heavy atom. The van der Waals surface area contributed by atoms with Gasteiger partial charge >= 0.3 is 0 Å². The Morgan fingerprint density at radius 3 is 3.13 bits per heavy atom. The van der Waals surface area contributed by atoms with Gasteiger partial charge in [0.15, 0.2) is 0 Å². The maximum atomic E-state index is 4.29. The second kappa shape index (κ2) is 4.51. The number of aromatic nitrogens is 1. The highest BCUT2D eigenvalue weighted by Crippen LogP contribution is 2.26. The summed E-state index contributed by atoms with van der Waals surface area (Å²) < 4.78 is 0. The molecule has 3 nitrogen and oxygen atoms in total. The van der Waals surface area contributed by atoms with E-state index in [0.717, 1.165) is 12.4 Å². The molecule has 2 rings (SSSR count). The van der Waals surface area contributed by atoms with E-state index in [2.05, 4.69) is 41.2 Å². The van der Waals surface area contributed by atoms with Gasteiger partial charge in [0.05, 0.1) is 0 Å². The van der Waals surface area contributed by atoms with Crippen molar-refractivity contribution in [2.75, 3.05) is 23.3 Å². The molecule has 0 aromatic carbocycles. The number of nitrogens with one attached hydrogen (secondary N) is 1. The van der Waals surface area contributed by atoms with E-state index in [4.69, 9.17) is 0 Å². The first-order valence-electron chi connectivity index (χ1n) is 5.78. The highest BCUT2D eigenvalue weighted by Gasteiger charge is 2.20. The number of hydrogen-bond acceptors (Lipinski definition) is 3. The van der Waals surface area contributed by atoms with Crippen molar-refractivity contribution in [3.63, 3.8) is 0 Å². The Balaban J connectivity index is 2.16. The first-order chi connectivity index (χ1) is 7.31. The van der Waals surface area contributed by atoms with Crippen LogP contribution in [0, 0.1) is 0 Å². The molecule has 0 amide bonds. The van der Waals surface area contributed by atoms with Crippen molar-refractivity contribution < 1.29 is 0 Å². The molecule has 0 aliphatic carbocycles. The van der Waals surface area contributed by atoms with Crippen LogP contribution >= 0.6 is 0 Å². The van der Waals surface area contributed by atoms with Crippen LogP contribution < -0.4 is 10.2 Å². The van der Waals surface area contributed by atoms with Crippen LogP contribution in [0.1, 0.15) is 26.7 Å².